The second-order valence-corrected chi connectivity index (χ2v) is 8.09. The molecular weight excluding hydrogens is 370 g/mol. The number of rotatable bonds is 3. The van der Waals surface area contributed by atoms with E-state index in [1.807, 2.05) is 34.1 Å². The molecule has 0 saturated carbocycles. The Balaban J connectivity index is 1.58. The van der Waals surface area contributed by atoms with Gasteiger partial charge in [0.1, 0.15) is 11.4 Å². The second-order valence-electron chi connectivity index (χ2n) is 8.09. The topological polar surface area (TPSA) is 75.9 Å². The van der Waals surface area contributed by atoms with E-state index in [4.69, 9.17) is 9.26 Å². The van der Waals surface area contributed by atoms with Gasteiger partial charge in [0.2, 0.25) is 11.7 Å². The van der Waals surface area contributed by atoms with Gasteiger partial charge in [-0.2, -0.15) is 0 Å². The molecule has 7 nitrogen and oxygen atoms in total. The number of aromatic nitrogens is 1. The molecule has 2 amide bonds. The molecule has 154 valence electrons. The first-order valence-corrected chi connectivity index (χ1v) is 10.1. The van der Waals surface area contributed by atoms with E-state index in [0.717, 1.165) is 43.5 Å². The van der Waals surface area contributed by atoms with Crippen molar-refractivity contribution >= 4 is 11.8 Å². The van der Waals surface area contributed by atoms with Crippen LogP contribution in [-0.4, -0.2) is 58.6 Å². The smallest absolute Gasteiger partial charge is 0.292 e. The Labute approximate surface area is 170 Å². The third-order valence-electron chi connectivity index (χ3n) is 6.40. The van der Waals surface area contributed by atoms with Gasteiger partial charge in [-0.05, 0) is 56.9 Å². The molecular formula is C22H27N3O4. The van der Waals surface area contributed by atoms with E-state index in [1.165, 1.54) is 0 Å². The van der Waals surface area contributed by atoms with Gasteiger partial charge in [-0.15, -0.1) is 0 Å². The Bertz CT molecular complexity index is 907. The predicted octanol–water partition coefficient (Wildman–Crippen LogP) is 3.36. The average molecular weight is 397 g/mol. The third-order valence-corrected chi connectivity index (χ3v) is 6.40. The number of carbonyl (C=O) groups is 2. The molecule has 2 fully saturated rings. The third kappa shape index (κ3) is 3.39. The van der Waals surface area contributed by atoms with Gasteiger partial charge in [0.25, 0.3) is 5.91 Å². The van der Waals surface area contributed by atoms with Crippen LogP contribution in [0.1, 0.15) is 50.1 Å². The maximum absolute atomic E-state index is 13.3. The van der Waals surface area contributed by atoms with Crippen LogP contribution in [0.5, 0.6) is 5.75 Å². The van der Waals surface area contributed by atoms with Crippen LogP contribution in [0.2, 0.25) is 0 Å². The van der Waals surface area contributed by atoms with Crippen LogP contribution in [0.25, 0.3) is 11.3 Å². The van der Waals surface area contributed by atoms with Gasteiger partial charge in [0, 0.05) is 31.6 Å². The zero-order valence-corrected chi connectivity index (χ0v) is 17.2. The van der Waals surface area contributed by atoms with E-state index >= 15 is 0 Å². The minimum Gasteiger partial charge on any atom is -0.497 e. The minimum absolute atomic E-state index is 0.00376. The van der Waals surface area contributed by atoms with Gasteiger partial charge in [0.05, 0.1) is 18.7 Å². The van der Waals surface area contributed by atoms with E-state index in [2.05, 4.69) is 12.1 Å². The highest BCUT2D eigenvalue weighted by Crippen LogP contribution is 2.39. The van der Waals surface area contributed by atoms with E-state index in [-0.39, 0.29) is 29.2 Å². The standard InChI is InChI=1S/C22H27N3O4/c1-15(26)25-13-4-6-20-22(25,2)11-5-12-24(20)21(27)19-14-18(23-29-19)16-7-9-17(28-3)10-8-16/h7-10,14,20H,4-6,11-13H2,1-3H3/t20-,22-/m0/s1. The zero-order chi connectivity index (χ0) is 20.6. The Morgan fingerprint density at radius 2 is 1.97 bits per heavy atom. The zero-order valence-electron chi connectivity index (χ0n) is 17.2. The number of likely N-dealkylation sites (tertiary alicyclic amines) is 2. The van der Waals surface area contributed by atoms with E-state index < -0.39 is 0 Å². The molecule has 0 unspecified atom stereocenters. The molecule has 2 aliphatic rings. The number of hydrogen-bond acceptors (Lipinski definition) is 5. The summed E-state index contributed by atoms with van der Waals surface area (Å²) in [5, 5.41) is 4.09. The van der Waals surface area contributed by atoms with Crippen molar-refractivity contribution in [3.63, 3.8) is 0 Å². The second kappa shape index (κ2) is 7.54. The molecule has 2 aromatic rings. The summed E-state index contributed by atoms with van der Waals surface area (Å²) >= 11 is 0. The predicted molar refractivity (Wildman–Crippen MR) is 108 cm³/mol. The number of fused-ring (bicyclic) bond motifs is 1. The summed E-state index contributed by atoms with van der Waals surface area (Å²) in [5.41, 5.74) is 1.15. The Hall–Kier alpha value is -2.83. The Morgan fingerprint density at radius 1 is 1.21 bits per heavy atom. The molecule has 0 N–H and O–H groups in total. The van der Waals surface area contributed by atoms with Gasteiger partial charge in [-0.1, -0.05) is 5.16 Å². The first-order valence-electron chi connectivity index (χ1n) is 10.1. The molecule has 4 rings (SSSR count). The van der Waals surface area contributed by atoms with Crippen molar-refractivity contribution < 1.29 is 18.8 Å². The molecule has 1 aromatic carbocycles. The number of methoxy groups -OCH3 is 1. The number of ether oxygens (including phenoxy) is 1. The Morgan fingerprint density at radius 3 is 2.66 bits per heavy atom. The minimum atomic E-state index is -0.323. The summed E-state index contributed by atoms with van der Waals surface area (Å²) in [5.74, 6) is 0.917. The van der Waals surface area contributed by atoms with E-state index in [9.17, 15) is 9.59 Å². The lowest BCUT2D eigenvalue weighted by atomic mass is 9.76. The van der Waals surface area contributed by atoms with Crippen molar-refractivity contribution in [1.29, 1.82) is 0 Å². The van der Waals surface area contributed by atoms with Crippen LogP contribution in [0.4, 0.5) is 0 Å². The van der Waals surface area contributed by atoms with Crippen molar-refractivity contribution in [2.45, 2.75) is 51.1 Å². The summed E-state index contributed by atoms with van der Waals surface area (Å²) in [6, 6.07) is 9.15. The van der Waals surface area contributed by atoms with E-state index in [1.54, 1.807) is 20.1 Å². The molecule has 0 spiro atoms. The lowest BCUT2D eigenvalue weighted by Crippen LogP contribution is -2.67. The molecule has 0 radical (unpaired) electrons. The molecule has 7 heteroatoms. The average Bonchev–Trinajstić information content (AvgIpc) is 3.22. The fourth-order valence-electron chi connectivity index (χ4n) is 4.92. The van der Waals surface area contributed by atoms with Crippen LogP contribution >= 0.6 is 0 Å². The molecule has 3 heterocycles. The Kier molecular flexibility index (Phi) is 5.06. The molecule has 2 aliphatic heterocycles. The fourth-order valence-corrected chi connectivity index (χ4v) is 4.92. The van der Waals surface area contributed by atoms with Crippen molar-refractivity contribution in [3.8, 4) is 17.0 Å². The van der Waals surface area contributed by atoms with Gasteiger partial charge in [-0.3, -0.25) is 9.59 Å². The normalized spacial score (nSPS) is 24.2. The summed E-state index contributed by atoms with van der Waals surface area (Å²) in [4.78, 5) is 29.3. The highest BCUT2D eigenvalue weighted by molar-refractivity contribution is 5.93. The number of piperidine rings is 2. The molecule has 1 aromatic heterocycles. The molecule has 2 saturated heterocycles. The largest absolute Gasteiger partial charge is 0.497 e. The lowest BCUT2D eigenvalue weighted by molar-refractivity contribution is -0.143. The number of hydrogen-bond donors (Lipinski definition) is 0. The van der Waals surface area contributed by atoms with Crippen LogP contribution in [0.3, 0.4) is 0 Å². The van der Waals surface area contributed by atoms with Crippen LogP contribution in [-0.2, 0) is 4.79 Å². The van der Waals surface area contributed by atoms with Gasteiger partial charge in [0.15, 0.2) is 0 Å². The van der Waals surface area contributed by atoms with Gasteiger partial charge < -0.3 is 19.1 Å². The number of nitrogens with zero attached hydrogens (tertiary/aromatic N) is 3. The molecule has 2 atom stereocenters. The molecule has 0 bridgehead atoms. The van der Waals surface area contributed by atoms with Crippen LogP contribution < -0.4 is 4.74 Å². The quantitative estimate of drug-likeness (QED) is 0.794. The van der Waals surface area contributed by atoms with Crippen molar-refractivity contribution in [2.24, 2.45) is 0 Å². The van der Waals surface area contributed by atoms with Crippen molar-refractivity contribution in [3.05, 3.63) is 36.1 Å². The highest BCUT2D eigenvalue weighted by atomic mass is 16.5. The number of amides is 2. The maximum atomic E-state index is 13.3. The molecule has 29 heavy (non-hydrogen) atoms. The van der Waals surface area contributed by atoms with Crippen molar-refractivity contribution in [2.75, 3.05) is 20.2 Å². The first-order chi connectivity index (χ1) is 13.9. The monoisotopic (exact) mass is 397 g/mol. The SMILES string of the molecule is COc1ccc(-c2cc(C(=O)N3CCC[C@@]4(C)[C@@H]3CCCN4C(C)=O)on2)cc1. The number of benzene rings is 1. The number of carbonyl (C=O) groups excluding carboxylic acids is 2. The highest BCUT2D eigenvalue weighted by Gasteiger charge is 2.50. The van der Waals surface area contributed by atoms with Gasteiger partial charge in [-0.25, -0.2) is 0 Å². The van der Waals surface area contributed by atoms with Crippen molar-refractivity contribution in [1.82, 2.24) is 15.0 Å². The van der Waals surface area contributed by atoms with Crippen LogP contribution in [0.15, 0.2) is 34.9 Å². The summed E-state index contributed by atoms with van der Waals surface area (Å²) in [6.07, 6.45) is 3.57. The summed E-state index contributed by atoms with van der Waals surface area (Å²) in [6.45, 7) is 5.16. The maximum Gasteiger partial charge on any atom is 0.292 e. The fraction of sp³-hybridized carbons (Fsp3) is 0.500. The van der Waals surface area contributed by atoms with E-state index in [0.29, 0.717) is 12.2 Å². The molecule has 0 aliphatic carbocycles. The lowest BCUT2D eigenvalue weighted by Gasteiger charge is -2.56. The summed E-state index contributed by atoms with van der Waals surface area (Å²) < 4.78 is 10.6. The van der Waals surface area contributed by atoms with Crippen LogP contribution in [0, 0.1) is 0 Å². The first kappa shape index (κ1) is 19.5. The summed E-state index contributed by atoms with van der Waals surface area (Å²) in [7, 11) is 1.62. The van der Waals surface area contributed by atoms with Gasteiger partial charge >= 0.3 is 0 Å².